The van der Waals surface area contributed by atoms with Crippen LogP contribution in [0, 0.1) is 17.1 Å². The summed E-state index contributed by atoms with van der Waals surface area (Å²) in [5.74, 6) is -0.238. The third-order valence-electron chi connectivity index (χ3n) is 4.48. The molecule has 0 aliphatic carbocycles. The van der Waals surface area contributed by atoms with Gasteiger partial charge in [0.15, 0.2) is 10.8 Å². The van der Waals surface area contributed by atoms with Crippen molar-refractivity contribution in [2.45, 2.75) is 13.0 Å². The minimum atomic E-state index is -0.574. The zero-order valence-corrected chi connectivity index (χ0v) is 18.4. The lowest BCUT2D eigenvalue weighted by Gasteiger charge is -2.19. The molecule has 3 heterocycles. The summed E-state index contributed by atoms with van der Waals surface area (Å²) in [5.41, 5.74) is 8.02. The van der Waals surface area contributed by atoms with E-state index in [9.17, 15) is 9.65 Å². The van der Waals surface area contributed by atoms with E-state index in [4.69, 9.17) is 28.9 Å². The van der Waals surface area contributed by atoms with E-state index in [1.807, 2.05) is 13.0 Å². The van der Waals surface area contributed by atoms with Crippen molar-refractivity contribution in [1.29, 1.82) is 5.26 Å². The molecule has 1 aromatic carbocycles. The number of rotatable bonds is 4. The van der Waals surface area contributed by atoms with E-state index >= 15 is 0 Å². The molecule has 8 nitrogen and oxygen atoms in total. The topological polar surface area (TPSA) is 118 Å². The Balaban J connectivity index is 0.00000272. The van der Waals surface area contributed by atoms with Gasteiger partial charge in [0.1, 0.15) is 35.4 Å². The van der Waals surface area contributed by atoms with Crippen LogP contribution in [0.15, 0.2) is 36.8 Å². The number of anilines is 2. The second-order valence-corrected chi connectivity index (χ2v) is 7.18. The van der Waals surface area contributed by atoms with Crippen molar-refractivity contribution >= 4 is 54.0 Å². The van der Waals surface area contributed by atoms with Crippen LogP contribution >= 0.6 is 36.7 Å². The molecule has 4 rings (SSSR count). The molecule has 31 heavy (non-hydrogen) atoms. The van der Waals surface area contributed by atoms with Gasteiger partial charge in [-0.05, 0) is 25.1 Å². The van der Waals surface area contributed by atoms with Gasteiger partial charge < -0.3 is 11.1 Å². The van der Waals surface area contributed by atoms with Crippen LogP contribution in [0.25, 0.3) is 16.9 Å². The van der Waals surface area contributed by atoms with Crippen molar-refractivity contribution in [3.05, 3.63) is 63.9 Å². The van der Waals surface area contributed by atoms with Gasteiger partial charge in [0.05, 0.1) is 23.0 Å². The summed E-state index contributed by atoms with van der Waals surface area (Å²) in [4.78, 5) is 12.2. The lowest BCUT2D eigenvalue weighted by molar-refractivity contribution is 0.628. The Kier molecular flexibility index (Phi) is 6.50. The monoisotopic (exact) mass is 476 g/mol. The van der Waals surface area contributed by atoms with Gasteiger partial charge in [-0.1, -0.05) is 29.3 Å². The van der Waals surface area contributed by atoms with Crippen LogP contribution in [0.4, 0.5) is 16.0 Å². The van der Waals surface area contributed by atoms with Crippen molar-refractivity contribution in [3.63, 3.8) is 0 Å². The largest absolute Gasteiger partial charge is 0.382 e. The highest BCUT2D eigenvalue weighted by Gasteiger charge is 2.20. The van der Waals surface area contributed by atoms with Crippen molar-refractivity contribution in [2.24, 2.45) is 0 Å². The quantitative estimate of drug-likeness (QED) is 0.448. The van der Waals surface area contributed by atoms with Crippen LogP contribution in [-0.4, -0.2) is 24.6 Å². The number of nitrogens with two attached hydrogens (primary N) is 1. The molecule has 0 saturated carbocycles. The average Bonchev–Trinajstić information content (AvgIpc) is 3.09. The Morgan fingerprint density at radius 1 is 1.23 bits per heavy atom. The van der Waals surface area contributed by atoms with Crippen molar-refractivity contribution in [1.82, 2.24) is 24.6 Å². The van der Waals surface area contributed by atoms with E-state index in [0.29, 0.717) is 27.6 Å². The minimum absolute atomic E-state index is 0. The van der Waals surface area contributed by atoms with Crippen LogP contribution in [0.5, 0.6) is 0 Å². The Morgan fingerprint density at radius 2 is 2.00 bits per heavy atom. The highest BCUT2D eigenvalue weighted by Crippen LogP contribution is 2.32. The number of imidazole rings is 1. The van der Waals surface area contributed by atoms with Gasteiger partial charge in [0, 0.05) is 11.1 Å². The van der Waals surface area contributed by atoms with Gasteiger partial charge in [-0.3, -0.25) is 0 Å². The van der Waals surface area contributed by atoms with Crippen molar-refractivity contribution in [2.75, 3.05) is 11.1 Å². The molecule has 0 amide bonds. The highest BCUT2D eigenvalue weighted by molar-refractivity contribution is 7.59. The molecule has 0 spiro atoms. The van der Waals surface area contributed by atoms with Crippen LogP contribution in [0.1, 0.15) is 24.1 Å². The number of hydrogen-bond acceptors (Lipinski definition) is 7. The SMILES string of the molecule is C[C@H](Nc1ncnc(N)c1C#N)c1cc2ncc(Cl)n2nc1-c1ccc(Cl)c(F)c1.S. The second-order valence-electron chi connectivity index (χ2n) is 6.39. The molecule has 0 fully saturated rings. The summed E-state index contributed by atoms with van der Waals surface area (Å²) < 4.78 is 15.6. The van der Waals surface area contributed by atoms with Gasteiger partial charge in [-0.2, -0.15) is 23.9 Å². The number of aromatic nitrogens is 5. The van der Waals surface area contributed by atoms with Crippen molar-refractivity contribution in [3.8, 4) is 17.3 Å². The molecule has 4 aromatic rings. The lowest BCUT2D eigenvalue weighted by atomic mass is 10.0. The number of nitrogens with zero attached hydrogens (tertiary/aromatic N) is 6. The second kappa shape index (κ2) is 8.93. The van der Waals surface area contributed by atoms with Gasteiger partial charge in [0.2, 0.25) is 0 Å². The average molecular weight is 477 g/mol. The maximum absolute atomic E-state index is 14.1. The van der Waals surface area contributed by atoms with E-state index in [1.54, 1.807) is 12.1 Å². The van der Waals surface area contributed by atoms with E-state index in [-0.39, 0.29) is 35.7 Å². The fourth-order valence-electron chi connectivity index (χ4n) is 3.00. The van der Waals surface area contributed by atoms with E-state index in [2.05, 4.69) is 25.4 Å². The molecular weight excluding hydrogens is 462 g/mol. The molecule has 0 radical (unpaired) electrons. The molecule has 0 saturated heterocycles. The van der Waals surface area contributed by atoms with E-state index in [1.165, 1.54) is 29.2 Å². The first kappa shape index (κ1) is 22.6. The first-order chi connectivity index (χ1) is 14.4. The fourth-order valence-corrected chi connectivity index (χ4v) is 3.29. The molecule has 3 aromatic heterocycles. The number of nitrogen functional groups attached to an aromatic ring is 1. The predicted molar refractivity (Wildman–Crippen MR) is 122 cm³/mol. The smallest absolute Gasteiger partial charge is 0.155 e. The summed E-state index contributed by atoms with van der Waals surface area (Å²) in [7, 11) is 0. The van der Waals surface area contributed by atoms with Gasteiger partial charge >= 0.3 is 0 Å². The summed E-state index contributed by atoms with van der Waals surface area (Å²) >= 11 is 12.0. The van der Waals surface area contributed by atoms with Gasteiger partial charge in [0.25, 0.3) is 0 Å². The molecule has 0 aliphatic heterocycles. The summed E-state index contributed by atoms with van der Waals surface area (Å²) in [6.45, 7) is 1.84. The Morgan fingerprint density at radius 3 is 2.71 bits per heavy atom. The Bertz CT molecular complexity index is 1320. The number of halogens is 3. The highest BCUT2D eigenvalue weighted by atomic mass is 35.5. The zero-order valence-electron chi connectivity index (χ0n) is 15.9. The molecule has 0 unspecified atom stereocenters. The lowest BCUT2D eigenvalue weighted by Crippen LogP contribution is -2.14. The zero-order chi connectivity index (χ0) is 21.4. The van der Waals surface area contributed by atoms with Crippen LogP contribution in [0.3, 0.4) is 0 Å². The summed E-state index contributed by atoms with van der Waals surface area (Å²) in [6, 6.07) is 7.75. The summed E-state index contributed by atoms with van der Waals surface area (Å²) in [5, 5.41) is 17.4. The maximum Gasteiger partial charge on any atom is 0.155 e. The van der Waals surface area contributed by atoms with E-state index < -0.39 is 11.9 Å². The van der Waals surface area contributed by atoms with Crippen LogP contribution in [-0.2, 0) is 0 Å². The minimum Gasteiger partial charge on any atom is -0.382 e. The maximum atomic E-state index is 14.1. The fraction of sp³-hybridized carbons (Fsp3) is 0.105. The number of benzene rings is 1. The van der Waals surface area contributed by atoms with Crippen LogP contribution in [0.2, 0.25) is 10.2 Å². The van der Waals surface area contributed by atoms with Crippen LogP contribution < -0.4 is 11.1 Å². The molecule has 158 valence electrons. The molecule has 12 heteroatoms. The first-order valence-corrected chi connectivity index (χ1v) is 9.41. The third-order valence-corrected chi connectivity index (χ3v) is 5.05. The number of nitrogens with one attached hydrogen (secondary N) is 1. The molecule has 0 bridgehead atoms. The number of nitriles is 1. The molecule has 1 atom stereocenters. The molecule has 3 N–H and O–H groups in total. The summed E-state index contributed by atoms with van der Waals surface area (Å²) in [6.07, 6.45) is 2.73. The number of fused-ring (bicyclic) bond motifs is 1. The predicted octanol–water partition coefficient (Wildman–Crippen LogP) is 4.37. The molecule has 0 aliphatic rings. The standard InChI is InChI=1S/C19H13Cl2FN8.H2S/c1-9(28-19-12(6-23)18(24)26-8-27-19)11-5-16-25-7-15(21)30(16)29-17(11)10-2-3-13(20)14(22)4-10;/h2-5,7-9H,1H3,(H3,24,26,27,28);1H2/t9-;/m0./s1. The third kappa shape index (κ3) is 4.20. The van der Waals surface area contributed by atoms with Gasteiger partial charge in [-0.25, -0.2) is 23.9 Å². The van der Waals surface area contributed by atoms with Crippen molar-refractivity contribution < 1.29 is 4.39 Å². The van der Waals surface area contributed by atoms with Gasteiger partial charge in [-0.15, -0.1) is 0 Å². The first-order valence-electron chi connectivity index (χ1n) is 8.65. The normalized spacial score (nSPS) is 11.6. The van der Waals surface area contributed by atoms with E-state index in [0.717, 1.165) is 0 Å². The molecular formula is C19H15Cl2FN8S. The number of hydrogen-bond donors (Lipinski definition) is 2. The Hall–Kier alpha value is -3.13. The Labute approximate surface area is 193 Å².